The minimum atomic E-state index is -0.200. The minimum absolute atomic E-state index is 0.0750. The van der Waals surface area contributed by atoms with Gasteiger partial charge >= 0.3 is 0 Å². The molecule has 3 rings (SSSR count). The molecule has 1 N–H and O–H groups in total. The Kier molecular flexibility index (Phi) is 6.58. The van der Waals surface area contributed by atoms with Crippen molar-refractivity contribution < 1.29 is 9.53 Å². The number of carbonyl (C=O) groups excluding carboxylic acids is 1. The maximum atomic E-state index is 12.7. The molecule has 5 heteroatoms. The van der Waals surface area contributed by atoms with Crippen LogP contribution in [0.5, 0.6) is 0 Å². The van der Waals surface area contributed by atoms with Gasteiger partial charge in [0.2, 0.25) is 5.91 Å². The Morgan fingerprint density at radius 3 is 2.59 bits per heavy atom. The summed E-state index contributed by atoms with van der Waals surface area (Å²) in [6.45, 7) is 7.99. The fourth-order valence-electron chi connectivity index (χ4n) is 3.59. The normalized spacial score (nSPS) is 16.7. The van der Waals surface area contributed by atoms with Crippen molar-refractivity contribution in [3.8, 4) is 0 Å². The monoisotopic (exact) mass is 367 g/mol. The molecule has 1 aromatic heterocycles. The Morgan fingerprint density at radius 2 is 1.93 bits per heavy atom. The van der Waals surface area contributed by atoms with Gasteiger partial charge in [-0.15, -0.1) is 0 Å². The fourth-order valence-corrected chi connectivity index (χ4v) is 3.59. The van der Waals surface area contributed by atoms with Gasteiger partial charge in [0, 0.05) is 38.4 Å². The van der Waals surface area contributed by atoms with Gasteiger partial charge < -0.3 is 10.1 Å². The molecule has 1 aliphatic rings. The van der Waals surface area contributed by atoms with Crippen molar-refractivity contribution in [3.05, 3.63) is 66.0 Å². The summed E-state index contributed by atoms with van der Waals surface area (Å²) in [5, 5.41) is 3.16. The predicted octanol–water partition coefficient (Wildman–Crippen LogP) is 2.94. The summed E-state index contributed by atoms with van der Waals surface area (Å²) in [5.41, 5.74) is 2.10. The van der Waals surface area contributed by atoms with Crippen LogP contribution in [0.3, 0.4) is 0 Å². The van der Waals surface area contributed by atoms with Crippen LogP contribution in [0.4, 0.5) is 0 Å². The first-order valence-corrected chi connectivity index (χ1v) is 9.60. The summed E-state index contributed by atoms with van der Waals surface area (Å²) in [6, 6.07) is 14.3. The number of rotatable bonds is 7. The largest absolute Gasteiger partial charge is 0.379 e. The third-order valence-corrected chi connectivity index (χ3v) is 5.21. The second kappa shape index (κ2) is 9.11. The smallest absolute Gasteiger partial charge is 0.220 e. The molecule has 1 amide bonds. The highest BCUT2D eigenvalue weighted by atomic mass is 16.5. The third-order valence-electron chi connectivity index (χ3n) is 5.21. The Hall–Kier alpha value is -2.24. The molecule has 1 aromatic carbocycles. The Morgan fingerprint density at radius 1 is 1.19 bits per heavy atom. The molecule has 1 aliphatic heterocycles. The lowest BCUT2D eigenvalue weighted by molar-refractivity contribution is -0.122. The number of carbonyl (C=O) groups is 1. The first-order chi connectivity index (χ1) is 13.1. The van der Waals surface area contributed by atoms with Gasteiger partial charge in [0.1, 0.15) is 0 Å². The molecular formula is C22H29N3O2. The van der Waals surface area contributed by atoms with E-state index < -0.39 is 0 Å². The molecule has 0 saturated carbocycles. The lowest BCUT2D eigenvalue weighted by atomic mass is 9.81. The summed E-state index contributed by atoms with van der Waals surface area (Å²) in [4.78, 5) is 19.3. The van der Waals surface area contributed by atoms with Gasteiger partial charge in [-0.2, -0.15) is 0 Å². The van der Waals surface area contributed by atoms with E-state index in [1.807, 2.05) is 30.5 Å². The number of pyridine rings is 1. The minimum Gasteiger partial charge on any atom is -0.379 e. The molecule has 144 valence electrons. The van der Waals surface area contributed by atoms with Crippen LogP contribution in [0.25, 0.3) is 0 Å². The lowest BCUT2D eigenvalue weighted by Gasteiger charge is -2.35. The summed E-state index contributed by atoms with van der Waals surface area (Å²) in [5.74, 6) is 0.0750. The van der Waals surface area contributed by atoms with Crippen LogP contribution in [0.1, 0.15) is 37.4 Å². The lowest BCUT2D eigenvalue weighted by Crippen LogP contribution is -2.44. The van der Waals surface area contributed by atoms with Crippen LogP contribution in [0.2, 0.25) is 0 Å². The van der Waals surface area contributed by atoms with Gasteiger partial charge in [0.15, 0.2) is 0 Å². The van der Waals surface area contributed by atoms with Gasteiger partial charge in [-0.25, -0.2) is 0 Å². The highest BCUT2D eigenvalue weighted by Crippen LogP contribution is 2.27. The molecule has 0 bridgehead atoms. The van der Waals surface area contributed by atoms with Crippen molar-refractivity contribution in [2.24, 2.45) is 0 Å². The highest BCUT2D eigenvalue weighted by Gasteiger charge is 2.26. The number of hydrogen-bond acceptors (Lipinski definition) is 4. The molecule has 2 aromatic rings. The predicted molar refractivity (Wildman–Crippen MR) is 106 cm³/mol. The number of aromatic nitrogens is 1. The molecule has 0 aliphatic carbocycles. The summed E-state index contributed by atoms with van der Waals surface area (Å²) >= 11 is 0. The molecule has 1 unspecified atom stereocenters. The first kappa shape index (κ1) is 19.5. The van der Waals surface area contributed by atoms with Gasteiger partial charge in [0.25, 0.3) is 0 Å². The summed E-state index contributed by atoms with van der Waals surface area (Å²) < 4.78 is 5.48. The molecule has 1 saturated heterocycles. The number of nitrogens with zero attached hydrogens (tertiary/aromatic N) is 2. The zero-order valence-corrected chi connectivity index (χ0v) is 16.2. The van der Waals surface area contributed by atoms with Crippen LogP contribution in [0.15, 0.2) is 54.9 Å². The number of amides is 1. The van der Waals surface area contributed by atoms with Crippen LogP contribution in [0, 0.1) is 0 Å². The first-order valence-electron chi connectivity index (χ1n) is 9.60. The van der Waals surface area contributed by atoms with Gasteiger partial charge in [0.05, 0.1) is 19.3 Å². The topological polar surface area (TPSA) is 54.5 Å². The van der Waals surface area contributed by atoms with Crippen molar-refractivity contribution in [2.75, 3.05) is 32.8 Å². The Balaban J connectivity index is 1.63. The molecule has 1 fully saturated rings. The summed E-state index contributed by atoms with van der Waals surface area (Å²) in [6.07, 6.45) is 4.13. The zero-order chi connectivity index (χ0) is 19.1. The van der Waals surface area contributed by atoms with Gasteiger partial charge in [-0.3, -0.25) is 14.7 Å². The standard InChI is InChI=1S/C22H29N3O2/c1-22(2,19-8-4-3-5-9-19)15-21(26)24-17-20(18-7-6-10-23-16-18)25-11-13-27-14-12-25/h3-10,16,20H,11-15,17H2,1-2H3,(H,24,26). The molecule has 27 heavy (non-hydrogen) atoms. The maximum absolute atomic E-state index is 12.7. The van der Waals surface area contributed by atoms with E-state index in [0.29, 0.717) is 13.0 Å². The average Bonchev–Trinajstić information content (AvgIpc) is 2.70. The highest BCUT2D eigenvalue weighted by molar-refractivity contribution is 5.77. The number of morpholine rings is 1. The fraction of sp³-hybridized carbons (Fsp3) is 0.455. The second-order valence-electron chi connectivity index (χ2n) is 7.68. The SMILES string of the molecule is CC(C)(CC(=O)NCC(c1cccnc1)N1CCOCC1)c1ccccc1. The number of hydrogen-bond donors (Lipinski definition) is 1. The van der Waals surface area contributed by atoms with E-state index in [1.54, 1.807) is 6.20 Å². The Bertz CT molecular complexity index is 713. The second-order valence-corrected chi connectivity index (χ2v) is 7.68. The van der Waals surface area contributed by atoms with Crippen molar-refractivity contribution in [3.63, 3.8) is 0 Å². The van der Waals surface area contributed by atoms with E-state index >= 15 is 0 Å². The van der Waals surface area contributed by atoms with E-state index in [9.17, 15) is 4.79 Å². The molecule has 2 heterocycles. The van der Waals surface area contributed by atoms with Crippen molar-refractivity contribution in [1.82, 2.24) is 15.2 Å². The molecule has 0 radical (unpaired) electrons. The third kappa shape index (κ3) is 5.37. The summed E-state index contributed by atoms with van der Waals surface area (Å²) in [7, 11) is 0. The van der Waals surface area contributed by atoms with Crippen LogP contribution < -0.4 is 5.32 Å². The quantitative estimate of drug-likeness (QED) is 0.817. The van der Waals surface area contributed by atoms with E-state index in [2.05, 4.69) is 47.2 Å². The molecule has 0 spiro atoms. The Labute approximate surface area is 161 Å². The maximum Gasteiger partial charge on any atom is 0.220 e. The molecular weight excluding hydrogens is 338 g/mol. The van der Waals surface area contributed by atoms with E-state index in [4.69, 9.17) is 4.74 Å². The van der Waals surface area contributed by atoms with Crippen molar-refractivity contribution in [2.45, 2.75) is 31.7 Å². The molecule has 1 atom stereocenters. The van der Waals surface area contributed by atoms with Crippen LogP contribution in [-0.2, 0) is 14.9 Å². The van der Waals surface area contributed by atoms with E-state index in [-0.39, 0.29) is 17.4 Å². The number of nitrogens with one attached hydrogen (secondary N) is 1. The van der Waals surface area contributed by atoms with Gasteiger partial charge in [-0.05, 0) is 22.6 Å². The van der Waals surface area contributed by atoms with Crippen LogP contribution in [-0.4, -0.2) is 48.6 Å². The van der Waals surface area contributed by atoms with E-state index in [1.165, 1.54) is 5.56 Å². The van der Waals surface area contributed by atoms with Crippen LogP contribution >= 0.6 is 0 Å². The van der Waals surface area contributed by atoms with Crippen molar-refractivity contribution >= 4 is 5.91 Å². The van der Waals surface area contributed by atoms with Gasteiger partial charge in [-0.1, -0.05) is 50.2 Å². The average molecular weight is 367 g/mol. The number of benzene rings is 1. The number of ether oxygens (including phenoxy) is 1. The zero-order valence-electron chi connectivity index (χ0n) is 16.2. The molecule has 5 nitrogen and oxygen atoms in total. The van der Waals surface area contributed by atoms with Crippen molar-refractivity contribution in [1.29, 1.82) is 0 Å². The van der Waals surface area contributed by atoms with E-state index in [0.717, 1.165) is 31.9 Å².